The minimum Gasteiger partial charge on any atom is -0.309 e. The summed E-state index contributed by atoms with van der Waals surface area (Å²) in [4.78, 5) is 2.15. The van der Waals surface area contributed by atoms with Crippen LogP contribution in [0.1, 0.15) is 29.0 Å². The second kappa shape index (κ2) is 10.5. The van der Waals surface area contributed by atoms with Crippen LogP contribution in [0, 0.1) is 12.3 Å². The van der Waals surface area contributed by atoms with Crippen LogP contribution in [0.15, 0.2) is 54.6 Å². The summed E-state index contributed by atoms with van der Waals surface area (Å²) in [6, 6.07) is 20.2. The molecule has 0 unspecified atom stereocenters. The molecule has 0 aliphatic heterocycles. The van der Waals surface area contributed by atoms with E-state index in [1.54, 1.807) is 0 Å². The quantitative estimate of drug-likeness (QED) is 0.726. The average Bonchev–Trinajstić information content (AvgIpc) is 3.34. The highest BCUT2D eigenvalue weighted by Gasteiger charge is 2.37. The highest BCUT2D eigenvalue weighted by molar-refractivity contribution is 5.85. The Balaban J connectivity index is 0.00000156. The fourth-order valence-electron chi connectivity index (χ4n) is 3.10. The van der Waals surface area contributed by atoms with Gasteiger partial charge in [-0.1, -0.05) is 60.5 Å². The van der Waals surface area contributed by atoms with E-state index in [0.29, 0.717) is 18.5 Å². The van der Waals surface area contributed by atoms with Crippen LogP contribution in [0.5, 0.6) is 0 Å². The molecular formula is C21H26Cl2N2. The zero-order valence-corrected chi connectivity index (χ0v) is 16.2. The maximum Gasteiger partial charge on any atom is 0.0599 e. The number of benzene rings is 2. The lowest BCUT2D eigenvalue weighted by Gasteiger charge is -2.14. The third kappa shape index (κ3) is 6.38. The van der Waals surface area contributed by atoms with E-state index in [9.17, 15) is 0 Å². The van der Waals surface area contributed by atoms with Gasteiger partial charge in [-0.05, 0) is 30.2 Å². The van der Waals surface area contributed by atoms with Crippen molar-refractivity contribution in [2.24, 2.45) is 0 Å². The summed E-state index contributed by atoms with van der Waals surface area (Å²) in [7, 11) is 2.05. The summed E-state index contributed by atoms with van der Waals surface area (Å²) < 4.78 is 0. The molecule has 3 rings (SSSR count). The average molecular weight is 377 g/mol. The number of hydrogen-bond donors (Lipinski definition) is 1. The summed E-state index contributed by atoms with van der Waals surface area (Å²) in [5.74, 6) is 3.37. The van der Waals surface area contributed by atoms with Gasteiger partial charge in [0.15, 0.2) is 0 Å². The molecule has 0 spiro atoms. The van der Waals surface area contributed by atoms with Crippen LogP contribution >= 0.6 is 24.8 Å². The van der Waals surface area contributed by atoms with Gasteiger partial charge in [0.05, 0.1) is 6.54 Å². The van der Waals surface area contributed by atoms with Crippen molar-refractivity contribution in [2.75, 3.05) is 13.6 Å². The van der Waals surface area contributed by atoms with Crippen molar-refractivity contribution in [2.45, 2.75) is 31.5 Å². The SMILES string of the molecule is C#CCN(C)Cc1cccc(CN[C@@H]2C[C@H]2c2ccccc2)c1.Cl.Cl. The number of rotatable bonds is 7. The molecule has 0 heterocycles. The lowest BCUT2D eigenvalue weighted by Crippen LogP contribution is -2.19. The van der Waals surface area contributed by atoms with Gasteiger partial charge in [0.2, 0.25) is 0 Å². The van der Waals surface area contributed by atoms with E-state index >= 15 is 0 Å². The predicted octanol–water partition coefficient (Wildman–Crippen LogP) is 4.24. The van der Waals surface area contributed by atoms with Crippen LogP contribution in [-0.2, 0) is 13.1 Å². The van der Waals surface area contributed by atoms with Crippen molar-refractivity contribution < 1.29 is 0 Å². The molecule has 134 valence electrons. The minimum absolute atomic E-state index is 0. The Labute approximate surface area is 163 Å². The Hall–Kier alpha value is -1.50. The number of halogens is 2. The molecule has 1 aliphatic carbocycles. The molecule has 1 aliphatic rings. The van der Waals surface area contributed by atoms with E-state index in [2.05, 4.69) is 77.8 Å². The van der Waals surface area contributed by atoms with Crippen LogP contribution in [0.4, 0.5) is 0 Å². The van der Waals surface area contributed by atoms with Crippen molar-refractivity contribution in [1.29, 1.82) is 0 Å². The molecule has 4 heteroatoms. The Bertz CT molecular complexity index is 682. The highest BCUT2D eigenvalue weighted by Crippen LogP contribution is 2.40. The van der Waals surface area contributed by atoms with Gasteiger partial charge in [-0.2, -0.15) is 0 Å². The molecule has 1 N–H and O–H groups in total. The van der Waals surface area contributed by atoms with Crippen LogP contribution in [-0.4, -0.2) is 24.5 Å². The molecule has 0 bridgehead atoms. The lowest BCUT2D eigenvalue weighted by molar-refractivity contribution is 0.369. The zero-order valence-electron chi connectivity index (χ0n) is 14.5. The highest BCUT2D eigenvalue weighted by atomic mass is 35.5. The summed E-state index contributed by atoms with van der Waals surface area (Å²) in [6.07, 6.45) is 6.60. The Morgan fingerprint density at radius 1 is 1.08 bits per heavy atom. The van der Waals surface area contributed by atoms with Gasteiger partial charge in [0.25, 0.3) is 0 Å². The predicted molar refractivity (Wildman–Crippen MR) is 111 cm³/mol. The molecule has 0 radical (unpaired) electrons. The minimum atomic E-state index is 0. The van der Waals surface area contributed by atoms with Crippen LogP contribution in [0.25, 0.3) is 0 Å². The molecule has 0 amide bonds. The van der Waals surface area contributed by atoms with Crippen LogP contribution in [0.3, 0.4) is 0 Å². The first-order chi connectivity index (χ1) is 11.3. The van der Waals surface area contributed by atoms with E-state index < -0.39 is 0 Å². The number of hydrogen-bond acceptors (Lipinski definition) is 2. The summed E-state index contributed by atoms with van der Waals surface area (Å²) in [6.45, 7) is 2.51. The molecule has 1 saturated carbocycles. The van der Waals surface area contributed by atoms with Crippen LogP contribution in [0.2, 0.25) is 0 Å². The maximum absolute atomic E-state index is 5.36. The number of nitrogens with one attached hydrogen (secondary N) is 1. The molecule has 0 aromatic heterocycles. The third-order valence-corrected chi connectivity index (χ3v) is 4.39. The van der Waals surface area contributed by atoms with Crippen molar-refractivity contribution in [3.63, 3.8) is 0 Å². The number of terminal acetylenes is 1. The first-order valence-corrected chi connectivity index (χ1v) is 8.24. The first-order valence-electron chi connectivity index (χ1n) is 8.24. The van der Waals surface area contributed by atoms with Crippen molar-refractivity contribution in [3.8, 4) is 12.3 Å². The normalized spacial score (nSPS) is 18.0. The monoisotopic (exact) mass is 376 g/mol. The summed E-state index contributed by atoms with van der Waals surface area (Å²) >= 11 is 0. The Morgan fingerprint density at radius 2 is 1.80 bits per heavy atom. The fraction of sp³-hybridized carbons (Fsp3) is 0.333. The second-order valence-electron chi connectivity index (χ2n) is 6.44. The molecular weight excluding hydrogens is 351 g/mol. The molecule has 25 heavy (non-hydrogen) atoms. The fourth-order valence-corrected chi connectivity index (χ4v) is 3.10. The largest absolute Gasteiger partial charge is 0.309 e. The molecule has 2 aromatic carbocycles. The van der Waals surface area contributed by atoms with Crippen molar-refractivity contribution >= 4 is 24.8 Å². The molecule has 2 atom stereocenters. The van der Waals surface area contributed by atoms with Gasteiger partial charge in [0, 0.05) is 25.0 Å². The van der Waals surface area contributed by atoms with Gasteiger partial charge < -0.3 is 5.32 Å². The van der Waals surface area contributed by atoms with Gasteiger partial charge in [0.1, 0.15) is 0 Å². The summed E-state index contributed by atoms with van der Waals surface area (Å²) in [5, 5.41) is 3.68. The Morgan fingerprint density at radius 3 is 2.52 bits per heavy atom. The van der Waals surface area contributed by atoms with E-state index in [1.165, 1.54) is 23.1 Å². The number of nitrogens with zero attached hydrogens (tertiary/aromatic N) is 1. The summed E-state index contributed by atoms with van der Waals surface area (Å²) in [5.41, 5.74) is 4.11. The van der Waals surface area contributed by atoms with Gasteiger partial charge in [-0.25, -0.2) is 0 Å². The van der Waals surface area contributed by atoms with Gasteiger partial charge >= 0.3 is 0 Å². The van der Waals surface area contributed by atoms with Crippen molar-refractivity contribution in [1.82, 2.24) is 10.2 Å². The molecule has 0 saturated heterocycles. The van der Waals surface area contributed by atoms with Gasteiger partial charge in [-0.15, -0.1) is 31.2 Å². The third-order valence-electron chi connectivity index (χ3n) is 4.39. The van der Waals surface area contributed by atoms with Gasteiger partial charge in [-0.3, -0.25) is 4.90 Å². The van der Waals surface area contributed by atoms with E-state index in [1.807, 2.05) is 0 Å². The molecule has 2 nitrogen and oxygen atoms in total. The smallest absolute Gasteiger partial charge is 0.0599 e. The maximum atomic E-state index is 5.36. The van der Waals surface area contributed by atoms with E-state index in [0.717, 1.165) is 13.1 Å². The second-order valence-corrected chi connectivity index (χ2v) is 6.44. The van der Waals surface area contributed by atoms with Crippen LogP contribution < -0.4 is 5.32 Å². The van der Waals surface area contributed by atoms with E-state index in [-0.39, 0.29) is 24.8 Å². The molecule has 2 aromatic rings. The van der Waals surface area contributed by atoms with Crippen molar-refractivity contribution in [3.05, 3.63) is 71.3 Å². The zero-order chi connectivity index (χ0) is 16.1. The lowest BCUT2D eigenvalue weighted by atomic mass is 10.1. The standard InChI is InChI=1S/C21H24N2.2ClH/c1-3-12-23(2)16-18-9-7-8-17(13-18)15-22-21-14-20(21)19-10-5-4-6-11-19;;/h1,4-11,13,20-22H,12,14-16H2,2H3;2*1H/t20-,21+;;/m0../s1. The Kier molecular flexibility index (Phi) is 9.03. The molecule has 1 fully saturated rings. The first kappa shape index (κ1) is 21.5. The van der Waals surface area contributed by atoms with E-state index in [4.69, 9.17) is 6.42 Å². The topological polar surface area (TPSA) is 15.3 Å².